The third-order valence-electron chi connectivity index (χ3n) is 5.42. The van der Waals surface area contributed by atoms with Crippen molar-refractivity contribution in [1.29, 1.82) is 0 Å². The Morgan fingerprint density at radius 3 is 2.13 bits per heavy atom. The van der Waals surface area contributed by atoms with E-state index in [-0.39, 0.29) is 36.6 Å². The van der Waals surface area contributed by atoms with Gasteiger partial charge >= 0.3 is 5.97 Å². The van der Waals surface area contributed by atoms with Crippen molar-refractivity contribution < 1.29 is 14.3 Å². The van der Waals surface area contributed by atoms with Gasteiger partial charge in [0.25, 0.3) is 0 Å². The molecule has 31 heavy (non-hydrogen) atoms. The molecule has 3 rings (SSSR count). The number of esters is 1. The fourth-order valence-electron chi connectivity index (χ4n) is 3.57. The molecule has 0 radical (unpaired) electrons. The summed E-state index contributed by atoms with van der Waals surface area (Å²) in [6.45, 7) is 4.09. The standard InChI is InChI=1S/C28H28O3/c1-21-15-17-25(18-16-21)28(30)22(2)26(24-13-7-4-8-14-24)20-27(29)31-19-9-12-23-10-5-3-6-11-23/h3-18,22,26H,19-20H2,1-2H3/b12-9+. The first-order valence-electron chi connectivity index (χ1n) is 10.6. The lowest BCUT2D eigenvalue weighted by Crippen LogP contribution is -2.23. The Morgan fingerprint density at radius 2 is 1.48 bits per heavy atom. The van der Waals surface area contributed by atoms with Gasteiger partial charge in [0, 0.05) is 17.4 Å². The van der Waals surface area contributed by atoms with Gasteiger partial charge in [0.2, 0.25) is 0 Å². The second-order valence-electron chi connectivity index (χ2n) is 7.74. The van der Waals surface area contributed by atoms with Crippen molar-refractivity contribution in [3.63, 3.8) is 0 Å². The van der Waals surface area contributed by atoms with Crippen molar-refractivity contribution in [2.24, 2.45) is 5.92 Å². The average molecular weight is 413 g/mol. The minimum Gasteiger partial charge on any atom is -0.461 e. The number of ether oxygens (including phenoxy) is 1. The Labute approximate surface area is 184 Å². The number of ketones is 1. The molecule has 0 aliphatic rings. The summed E-state index contributed by atoms with van der Waals surface area (Å²) < 4.78 is 5.43. The number of hydrogen-bond acceptors (Lipinski definition) is 3. The Balaban J connectivity index is 1.67. The monoisotopic (exact) mass is 412 g/mol. The minimum absolute atomic E-state index is 0.0330. The summed E-state index contributed by atoms with van der Waals surface area (Å²) in [5, 5.41) is 0. The lowest BCUT2D eigenvalue weighted by molar-refractivity contribution is -0.143. The Bertz CT molecular complexity index is 1010. The molecule has 0 aliphatic carbocycles. The van der Waals surface area contributed by atoms with Gasteiger partial charge in [-0.15, -0.1) is 0 Å². The first-order valence-corrected chi connectivity index (χ1v) is 10.6. The lowest BCUT2D eigenvalue weighted by atomic mass is 9.80. The highest BCUT2D eigenvalue weighted by Gasteiger charge is 2.28. The van der Waals surface area contributed by atoms with Crippen LogP contribution >= 0.6 is 0 Å². The topological polar surface area (TPSA) is 43.4 Å². The molecule has 0 bridgehead atoms. The zero-order valence-corrected chi connectivity index (χ0v) is 18.0. The van der Waals surface area contributed by atoms with Crippen LogP contribution in [0.3, 0.4) is 0 Å². The van der Waals surface area contributed by atoms with Gasteiger partial charge in [-0.25, -0.2) is 0 Å². The third kappa shape index (κ3) is 6.51. The van der Waals surface area contributed by atoms with Gasteiger partial charge in [0.15, 0.2) is 5.78 Å². The molecule has 0 fully saturated rings. The van der Waals surface area contributed by atoms with Crippen LogP contribution in [0.15, 0.2) is 91.0 Å². The second-order valence-corrected chi connectivity index (χ2v) is 7.74. The number of benzene rings is 3. The fourth-order valence-corrected chi connectivity index (χ4v) is 3.57. The average Bonchev–Trinajstić information content (AvgIpc) is 2.81. The third-order valence-corrected chi connectivity index (χ3v) is 5.42. The summed E-state index contributed by atoms with van der Waals surface area (Å²) in [5.41, 5.74) is 3.79. The second kappa shape index (κ2) is 11.1. The maximum Gasteiger partial charge on any atom is 0.306 e. The maximum atomic E-state index is 13.1. The number of rotatable bonds is 9. The first kappa shape index (κ1) is 22.2. The number of carbonyl (C=O) groups is 2. The first-order chi connectivity index (χ1) is 15.0. The summed E-state index contributed by atoms with van der Waals surface area (Å²) in [6, 6.07) is 27.1. The highest BCUT2D eigenvalue weighted by Crippen LogP contribution is 2.31. The molecule has 0 amide bonds. The molecular weight excluding hydrogens is 384 g/mol. The number of carbonyl (C=O) groups excluding carboxylic acids is 2. The van der Waals surface area contributed by atoms with Gasteiger partial charge in [0.1, 0.15) is 6.61 Å². The predicted octanol–water partition coefficient (Wildman–Crippen LogP) is 6.24. The molecule has 3 nitrogen and oxygen atoms in total. The fraction of sp³-hybridized carbons (Fsp3) is 0.214. The van der Waals surface area contributed by atoms with Crippen LogP contribution in [0.2, 0.25) is 0 Å². The van der Waals surface area contributed by atoms with Crippen LogP contribution in [-0.2, 0) is 9.53 Å². The molecule has 3 heteroatoms. The van der Waals surface area contributed by atoms with E-state index in [1.807, 2.05) is 111 Å². The summed E-state index contributed by atoms with van der Waals surface area (Å²) in [7, 11) is 0. The number of Topliss-reactive ketones (excluding diaryl/α,β-unsaturated/α-hetero) is 1. The van der Waals surface area contributed by atoms with E-state index in [4.69, 9.17) is 4.74 Å². The van der Waals surface area contributed by atoms with Crippen LogP contribution < -0.4 is 0 Å². The van der Waals surface area contributed by atoms with E-state index < -0.39 is 0 Å². The van der Waals surface area contributed by atoms with Gasteiger partial charge < -0.3 is 4.74 Å². The van der Waals surface area contributed by atoms with Gasteiger partial charge in [0.05, 0.1) is 6.42 Å². The van der Waals surface area contributed by atoms with Crippen molar-refractivity contribution in [3.8, 4) is 0 Å². The van der Waals surface area contributed by atoms with Crippen LogP contribution in [-0.4, -0.2) is 18.4 Å². The summed E-state index contributed by atoms with van der Waals surface area (Å²) in [5.74, 6) is -0.876. The lowest BCUT2D eigenvalue weighted by Gasteiger charge is -2.23. The van der Waals surface area contributed by atoms with Crippen molar-refractivity contribution in [3.05, 3.63) is 113 Å². The van der Waals surface area contributed by atoms with E-state index in [0.29, 0.717) is 5.56 Å². The zero-order valence-electron chi connectivity index (χ0n) is 18.0. The molecule has 3 aromatic rings. The van der Waals surface area contributed by atoms with Crippen molar-refractivity contribution in [1.82, 2.24) is 0 Å². The molecule has 0 N–H and O–H groups in total. The molecular formula is C28H28O3. The molecule has 0 heterocycles. The molecule has 2 atom stereocenters. The summed E-state index contributed by atoms with van der Waals surface area (Å²) in [4.78, 5) is 25.7. The molecule has 0 saturated carbocycles. The predicted molar refractivity (Wildman–Crippen MR) is 125 cm³/mol. The van der Waals surface area contributed by atoms with Gasteiger partial charge in [-0.3, -0.25) is 9.59 Å². The molecule has 2 unspecified atom stereocenters. The van der Waals surface area contributed by atoms with E-state index in [2.05, 4.69) is 0 Å². The van der Waals surface area contributed by atoms with Gasteiger partial charge in [-0.05, 0) is 24.1 Å². The van der Waals surface area contributed by atoms with Crippen LogP contribution in [0.25, 0.3) is 6.08 Å². The summed E-state index contributed by atoms with van der Waals surface area (Å²) >= 11 is 0. The zero-order chi connectivity index (χ0) is 22.1. The summed E-state index contributed by atoms with van der Waals surface area (Å²) in [6.07, 6.45) is 3.90. The molecule has 0 saturated heterocycles. The van der Waals surface area contributed by atoms with E-state index in [9.17, 15) is 9.59 Å². The van der Waals surface area contributed by atoms with Crippen LogP contribution in [0.5, 0.6) is 0 Å². The maximum absolute atomic E-state index is 13.1. The highest BCUT2D eigenvalue weighted by atomic mass is 16.5. The van der Waals surface area contributed by atoms with Crippen LogP contribution in [0.4, 0.5) is 0 Å². The van der Waals surface area contributed by atoms with Gasteiger partial charge in [-0.2, -0.15) is 0 Å². The van der Waals surface area contributed by atoms with Crippen molar-refractivity contribution >= 4 is 17.8 Å². The van der Waals surface area contributed by atoms with E-state index in [1.54, 1.807) is 0 Å². The minimum atomic E-state index is -0.350. The normalized spacial score (nSPS) is 13.0. The van der Waals surface area contributed by atoms with E-state index >= 15 is 0 Å². The van der Waals surface area contributed by atoms with Gasteiger partial charge in [-0.1, -0.05) is 103 Å². The van der Waals surface area contributed by atoms with Crippen molar-refractivity contribution in [2.75, 3.05) is 6.61 Å². The number of aryl methyl sites for hydroxylation is 1. The largest absolute Gasteiger partial charge is 0.461 e. The van der Waals surface area contributed by atoms with Crippen LogP contribution in [0.1, 0.15) is 46.3 Å². The Kier molecular flexibility index (Phi) is 7.94. The Hall–Kier alpha value is -3.46. The van der Waals surface area contributed by atoms with Crippen LogP contribution in [0, 0.1) is 12.8 Å². The van der Waals surface area contributed by atoms with E-state index in [0.717, 1.165) is 16.7 Å². The Morgan fingerprint density at radius 1 is 0.871 bits per heavy atom. The molecule has 158 valence electrons. The molecule has 0 aliphatic heterocycles. The quantitative estimate of drug-likeness (QED) is 0.308. The highest BCUT2D eigenvalue weighted by molar-refractivity contribution is 5.98. The van der Waals surface area contributed by atoms with Crippen molar-refractivity contribution in [2.45, 2.75) is 26.2 Å². The van der Waals surface area contributed by atoms with E-state index in [1.165, 1.54) is 0 Å². The molecule has 0 spiro atoms. The molecule has 3 aromatic carbocycles. The SMILES string of the molecule is Cc1ccc(C(=O)C(C)C(CC(=O)OC/C=C/c2ccccc2)c2ccccc2)cc1. The smallest absolute Gasteiger partial charge is 0.306 e. The molecule has 0 aromatic heterocycles. The number of hydrogen-bond donors (Lipinski definition) is 0.